The summed E-state index contributed by atoms with van der Waals surface area (Å²) >= 11 is 0. The first-order valence-electron chi connectivity index (χ1n) is 11.3. The number of hydrogen-bond acceptors (Lipinski definition) is 6. The zero-order chi connectivity index (χ0) is 21.9. The Hall–Kier alpha value is -2.67. The molecular formula is C24H34N4O3. The number of ether oxygens (including phenoxy) is 1. The average Bonchev–Trinajstić information content (AvgIpc) is 2.77. The Balaban J connectivity index is 1.42. The van der Waals surface area contributed by atoms with Gasteiger partial charge in [0.15, 0.2) is 0 Å². The van der Waals surface area contributed by atoms with Crippen LogP contribution in [0.5, 0.6) is 5.75 Å². The number of carboxylic acids is 1. The lowest BCUT2D eigenvalue weighted by Gasteiger charge is -2.22. The average molecular weight is 427 g/mol. The molecule has 0 atom stereocenters. The molecule has 2 aromatic rings. The van der Waals surface area contributed by atoms with E-state index >= 15 is 0 Å². The highest BCUT2D eigenvalue weighted by atomic mass is 16.5. The molecule has 0 spiro atoms. The second kappa shape index (κ2) is 12.2. The Morgan fingerprint density at radius 2 is 2.06 bits per heavy atom. The molecule has 0 saturated heterocycles. The van der Waals surface area contributed by atoms with E-state index in [1.807, 2.05) is 19.1 Å². The summed E-state index contributed by atoms with van der Waals surface area (Å²) in [6.45, 7) is 5.98. The van der Waals surface area contributed by atoms with Gasteiger partial charge in [-0.3, -0.25) is 14.7 Å². The topological polar surface area (TPSA) is 87.6 Å². The number of hydrogen-bond donors (Lipinski definition) is 2. The SMILES string of the molecule is Cc1ncccc1OCCN(CCCCc1ccc2c(n1)NCCC2)CCCC(=O)O. The molecule has 1 aliphatic rings. The van der Waals surface area contributed by atoms with Gasteiger partial charge in [0, 0.05) is 31.4 Å². The molecular weight excluding hydrogens is 392 g/mol. The minimum atomic E-state index is -0.741. The van der Waals surface area contributed by atoms with Crippen LogP contribution >= 0.6 is 0 Å². The van der Waals surface area contributed by atoms with E-state index in [0.29, 0.717) is 13.0 Å². The third-order valence-electron chi connectivity index (χ3n) is 5.60. The molecule has 3 heterocycles. The maximum atomic E-state index is 10.9. The van der Waals surface area contributed by atoms with Gasteiger partial charge in [-0.2, -0.15) is 0 Å². The van der Waals surface area contributed by atoms with E-state index in [1.54, 1.807) is 6.20 Å². The molecule has 0 aromatic carbocycles. The van der Waals surface area contributed by atoms with Crippen LogP contribution in [0.1, 0.15) is 49.1 Å². The number of fused-ring (bicyclic) bond motifs is 1. The molecule has 0 amide bonds. The Labute approximate surface area is 184 Å². The maximum Gasteiger partial charge on any atom is 0.303 e. The van der Waals surface area contributed by atoms with E-state index in [0.717, 1.165) is 74.8 Å². The predicted octanol–water partition coefficient (Wildman–Crippen LogP) is 3.71. The number of aliphatic carboxylic acids is 1. The quantitative estimate of drug-likeness (QED) is 0.472. The van der Waals surface area contributed by atoms with E-state index in [9.17, 15) is 4.79 Å². The van der Waals surface area contributed by atoms with Crippen molar-refractivity contribution in [2.45, 2.75) is 51.9 Å². The summed E-state index contributed by atoms with van der Waals surface area (Å²) in [4.78, 5) is 22.2. The van der Waals surface area contributed by atoms with Crippen LogP contribution in [0.25, 0.3) is 0 Å². The molecule has 0 radical (unpaired) electrons. The van der Waals surface area contributed by atoms with Gasteiger partial charge >= 0.3 is 5.97 Å². The lowest BCUT2D eigenvalue weighted by atomic mass is 10.1. The number of nitrogens with one attached hydrogen (secondary N) is 1. The van der Waals surface area contributed by atoms with Crippen molar-refractivity contribution in [3.63, 3.8) is 0 Å². The van der Waals surface area contributed by atoms with Gasteiger partial charge < -0.3 is 15.2 Å². The number of carbonyl (C=O) groups is 1. The van der Waals surface area contributed by atoms with Crippen LogP contribution in [0.2, 0.25) is 0 Å². The summed E-state index contributed by atoms with van der Waals surface area (Å²) in [6.07, 6.45) is 7.97. The van der Waals surface area contributed by atoms with E-state index in [4.69, 9.17) is 14.8 Å². The fourth-order valence-corrected chi connectivity index (χ4v) is 3.85. The van der Waals surface area contributed by atoms with Crippen molar-refractivity contribution >= 4 is 11.8 Å². The van der Waals surface area contributed by atoms with Gasteiger partial charge in [-0.05, 0) is 82.3 Å². The number of aromatic nitrogens is 2. The Morgan fingerprint density at radius 1 is 1.19 bits per heavy atom. The second-order valence-corrected chi connectivity index (χ2v) is 8.07. The summed E-state index contributed by atoms with van der Waals surface area (Å²) in [7, 11) is 0. The normalized spacial score (nSPS) is 13.0. The van der Waals surface area contributed by atoms with E-state index < -0.39 is 5.97 Å². The Morgan fingerprint density at radius 3 is 2.90 bits per heavy atom. The van der Waals surface area contributed by atoms with Gasteiger partial charge in [0.05, 0.1) is 5.69 Å². The number of aryl methyl sites for hydroxylation is 3. The highest BCUT2D eigenvalue weighted by molar-refractivity contribution is 5.66. The van der Waals surface area contributed by atoms with Crippen LogP contribution in [-0.4, -0.2) is 58.7 Å². The van der Waals surface area contributed by atoms with Crippen molar-refractivity contribution in [2.24, 2.45) is 0 Å². The van der Waals surface area contributed by atoms with Crippen LogP contribution in [0, 0.1) is 6.92 Å². The molecule has 0 aliphatic carbocycles. The molecule has 7 heteroatoms. The standard InChI is InChI=1S/C24H34N4O3/c1-19-22(9-5-13-25-19)31-18-17-28(16-6-10-23(29)30)15-3-2-8-21-12-11-20-7-4-14-26-24(20)27-21/h5,9,11-13H,2-4,6-8,10,14-18H2,1H3,(H,26,27)(H,29,30). The number of nitrogens with zero attached hydrogens (tertiary/aromatic N) is 3. The van der Waals surface area contributed by atoms with Crippen LogP contribution in [-0.2, 0) is 17.6 Å². The van der Waals surface area contributed by atoms with Crippen molar-refractivity contribution < 1.29 is 14.6 Å². The van der Waals surface area contributed by atoms with Gasteiger partial charge in [-0.1, -0.05) is 6.07 Å². The zero-order valence-electron chi connectivity index (χ0n) is 18.5. The largest absolute Gasteiger partial charge is 0.490 e. The van der Waals surface area contributed by atoms with Crippen molar-refractivity contribution in [3.05, 3.63) is 47.4 Å². The fourth-order valence-electron chi connectivity index (χ4n) is 3.85. The summed E-state index contributed by atoms with van der Waals surface area (Å²) in [6, 6.07) is 8.16. The molecule has 7 nitrogen and oxygen atoms in total. The van der Waals surface area contributed by atoms with Crippen LogP contribution < -0.4 is 10.1 Å². The maximum absolute atomic E-state index is 10.9. The summed E-state index contributed by atoms with van der Waals surface area (Å²) in [5.74, 6) is 1.12. The highest BCUT2D eigenvalue weighted by Gasteiger charge is 2.11. The molecule has 31 heavy (non-hydrogen) atoms. The van der Waals surface area contributed by atoms with Crippen molar-refractivity contribution in [2.75, 3.05) is 38.1 Å². The lowest BCUT2D eigenvalue weighted by molar-refractivity contribution is -0.137. The van der Waals surface area contributed by atoms with Crippen molar-refractivity contribution in [1.29, 1.82) is 0 Å². The molecule has 2 N–H and O–H groups in total. The van der Waals surface area contributed by atoms with Gasteiger partial charge in [0.25, 0.3) is 0 Å². The molecule has 3 rings (SSSR count). The molecule has 0 bridgehead atoms. The van der Waals surface area contributed by atoms with Gasteiger partial charge in [-0.25, -0.2) is 4.98 Å². The first kappa shape index (κ1) is 23.0. The summed E-state index contributed by atoms with van der Waals surface area (Å²) in [5, 5.41) is 12.3. The van der Waals surface area contributed by atoms with E-state index in [1.165, 1.54) is 12.0 Å². The molecule has 168 valence electrons. The molecule has 0 fully saturated rings. The number of anilines is 1. The zero-order valence-corrected chi connectivity index (χ0v) is 18.5. The molecule has 2 aromatic heterocycles. The third kappa shape index (κ3) is 7.83. The summed E-state index contributed by atoms with van der Waals surface area (Å²) < 4.78 is 5.89. The van der Waals surface area contributed by atoms with Crippen molar-refractivity contribution in [1.82, 2.24) is 14.9 Å². The third-order valence-corrected chi connectivity index (χ3v) is 5.60. The van der Waals surface area contributed by atoms with E-state index in [2.05, 4.69) is 27.3 Å². The van der Waals surface area contributed by atoms with Crippen molar-refractivity contribution in [3.8, 4) is 5.75 Å². The number of carboxylic acid groups (broad SMARTS) is 1. The van der Waals surface area contributed by atoms with Crippen LogP contribution in [0.3, 0.4) is 0 Å². The highest BCUT2D eigenvalue weighted by Crippen LogP contribution is 2.20. The van der Waals surface area contributed by atoms with Gasteiger partial charge in [0.1, 0.15) is 18.2 Å². The van der Waals surface area contributed by atoms with Crippen LogP contribution in [0.15, 0.2) is 30.5 Å². The minimum Gasteiger partial charge on any atom is -0.490 e. The number of rotatable bonds is 13. The Bertz CT molecular complexity index is 843. The smallest absolute Gasteiger partial charge is 0.303 e. The monoisotopic (exact) mass is 426 g/mol. The molecule has 0 unspecified atom stereocenters. The second-order valence-electron chi connectivity index (χ2n) is 8.07. The Kier molecular flexibility index (Phi) is 9.09. The van der Waals surface area contributed by atoms with Crippen LogP contribution in [0.4, 0.5) is 5.82 Å². The number of unbranched alkanes of at least 4 members (excludes halogenated alkanes) is 1. The first-order chi connectivity index (χ1) is 15.1. The molecule has 0 saturated carbocycles. The first-order valence-corrected chi connectivity index (χ1v) is 11.3. The summed E-state index contributed by atoms with van der Waals surface area (Å²) in [5.41, 5.74) is 3.34. The van der Waals surface area contributed by atoms with E-state index in [-0.39, 0.29) is 6.42 Å². The van der Waals surface area contributed by atoms with Gasteiger partial charge in [-0.15, -0.1) is 0 Å². The fraction of sp³-hybridized carbons (Fsp3) is 0.542. The number of pyridine rings is 2. The predicted molar refractivity (Wildman–Crippen MR) is 122 cm³/mol. The molecule has 1 aliphatic heterocycles. The van der Waals surface area contributed by atoms with Gasteiger partial charge in [0.2, 0.25) is 0 Å². The lowest BCUT2D eigenvalue weighted by Crippen LogP contribution is -2.31. The minimum absolute atomic E-state index is 0.200.